The van der Waals surface area contributed by atoms with Gasteiger partial charge in [-0.15, -0.1) is 0 Å². The van der Waals surface area contributed by atoms with Crippen molar-refractivity contribution in [3.05, 3.63) is 12.2 Å². The van der Waals surface area contributed by atoms with Crippen molar-refractivity contribution >= 4 is 5.97 Å². The molecule has 18 heavy (non-hydrogen) atoms. The van der Waals surface area contributed by atoms with E-state index in [-0.39, 0.29) is 28.6 Å². The molecule has 1 spiro atoms. The highest BCUT2D eigenvalue weighted by molar-refractivity contribution is 5.83. The molecular weight excluding hydrogens is 228 g/mol. The van der Waals surface area contributed by atoms with Crippen molar-refractivity contribution in [3.63, 3.8) is 0 Å². The molecule has 98 valence electrons. The predicted octanol–water partition coefficient (Wildman–Crippen LogP) is 2.11. The maximum absolute atomic E-state index is 12.4. The number of hydrogen-bond donors (Lipinski definition) is 1. The molecule has 0 aromatic rings. The standard InChI is InChI=1S/C15H20O3/c1-8-9-4-5-14(3)13(8,2)6-7-15(14)10(9)11(16)18-12(15)17/h4-5,8-11,16H,6-7H2,1-3H3/t8-,9-,10-,11+,13?,14+,15?/m0/s1. The lowest BCUT2D eigenvalue weighted by molar-refractivity contribution is -0.162. The van der Waals surface area contributed by atoms with E-state index in [0.29, 0.717) is 5.92 Å². The van der Waals surface area contributed by atoms with E-state index in [1.807, 2.05) is 0 Å². The van der Waals surface area contributed by atoms with Crippen LogP contribution in [-0.4, -0.2) is 17.4 Å². The van der Waals surface area contributed by atoms with Gasteiger partial charge in [0.15, 0.2) is 0 Å². The van der Waals surface area contributed by atoms with Crippen molar-refractivity contribution in [1.29, 1.82) is 0 Å². The Labute approximate surface area is 107 Å². The van der Waals surface area contributed by atoms with Crippen molar-refractivity contribution in [1.82, 2.24) is 0 Å². The van der Waals surface area contributed by atoms with E-state index < -0.39 is 11.7 Å². The number of aliphatic hydroxyl groups is 1. The average Bonchev–Trinajstić information content (AvgIpc) is 2.69. The van der Waals surface area contributed by atoms with E-state index in [4.69, 9.17) is 4.74 Å². The second-order valence-electron chi connectivity index (χ2n) is 7.14. The number of hydrogen-bond acceptors (Lipinski definition) is 3. The number of cyclic esters (lactones) is 1. The van der Waals surface area contributed by atoms with Crippen LogP contribution in [0.15, 0.2) is 12.2 Å². The van der Waals surface area contributed by atoms with Gasteiger partial charge < -0.3 is 9.84 Å². The zero-order valence-corrected chi connectivity index (χ0v) is 11.1. The van der Waals surface area contributed by atoms with Crippen LogP contribution in [0, 0.1) is 34.0 Å². The molecule has 2 unspecified atom stereocenters. The van der Waals surface area contributed by atoms with Gasteiger partial charge in [0.05, 0.1) is 5.41 Å². The first-order valence-corrected chi connectivity index (χ1v) is 6.97. The molecule has 3 fully saturated rings. The third-order valence-electron chi connectivity index (χ3n) is 7.27. The van der Waals surface area contributed by atoms with Crippen LogP contribution in [-0.2, 0) is 9.53 Å². The molecule has 4 aliphatic carbocycles. The molecule has 1 heterocycles. The molecule has 1 N–H and O–H groups in total. The summed E-state index contributed by atoms with van der Waals surface area (Å²) < 4.78 is 5.25. The van der Waals surface area contributed by atoms with Gasteiger partial charge in [-0.1, -0.05) is 32.9 Å². The Hall–Kier alpha value is -0.830. The Morgan fingerprint density at radius 3 is 2.83 bits per heavy atom. The molecule has 5 aliphatic rings. The van der Waals surface area contributed by atoms with Gasteiger partial charge in [-0.05, 0) is 30.1 Å². The normalized spacial score (nSPS) is 64.1. The molecule has 5 rings (SSSR count). The van der Waals surface area contributed by atoms with E-state index in [2.05, 4.69) is 32.9 Å². The van der Waals surface area contributed by atoms with Crippen molar-refractivity contribution in [2.45, 2.75) is 39.9 Å². The van der Waals surface area contributed by atoms with Crippen molar-refractivity contribution in [2.75, 3.05) is 0 Å². The summed E-state index contributed by atoms with van der Waals surface area (Å²) in [7, 11) is 0. The Morgan fingerprint density at radius 2 is 2.11 bits per heavy atom. The largest absolute Gasteiger partial charge is 0.435 e. The lowest BCUT2D eigenvalue weighted by Crippen LogP contribution is -2.61. The third kappa shape index (κ3) is 0.740. The monoisotopic (exact) mass is 248 g/mol. The number of ether oxygens (including phenoxy) is 1. The van der Waals surface area contributed by atoms with E-state index in [9.17, 15) is 9.90 Å². The quantitative estimate of drug-likeness (QED) is 0.527. The summed E-state index contributed by atoms with van der Waals surface area (Å²) in [5.74, 6) is 0.580. The molecule has 2 saturated carbocycles. The van der Waals surface area contributed by atoms with E-state index >= 15 is 0 Å². The number of carbonyl (C=O) groups is 1. The zero-order chi connectivity index (χ0) is 12.9. The number of rotatable bonds is 0. The molecule has 0 aromatic carbocycles. The van der Waals surface area contributed by atoms with E-state index in [1.54, 1.807) is 0 Å². The van der Waals surface area contributed by atoms with Gasteiger partial charge in [-0.3, -0.25) is 4.79 Å². The zero-order valence-electron chi connectivity index (χ0n) is 11.1. The van der Waals surface area contributed by atoms with Gasteiger partial charge in [-0.25, -0.2) is 0 Å². The van der Waals surface area contributed by atoms with Gasteiger partial charge in [0.25, 0.3) is 0 Å². The number of aliphatic hydroxyl groups excluding tert-OH is 1. The van der Waals surface area contributed by atoms with Crippen LogP contribution in [0.2, 0.25) is 0 Å². The first kappa shape index (κ1) is 11.0. The van der Waals surface area contributed by atoms with Crippen molar-refractivity contribution in [2.24, 2.45) is 34.0 Å². The van der Waals surface area contributed by atoms with Gasteiger partial charge in [-0.2, -0.15) is 0 Å². The highest BCUT2D eigenvalue weighted by Gasteiger charge is 2.80. The summed E-state index contributed by atoms with van der Waals surface area (Å²) in [5, 5.41) is 10.2. The molecule has 3 heteroatoms. The smallest absolute Gasteiger partial charge is 0.315 e. The summed E-state index contributed by atoms with van der Waals surface area (Å²) in [6.07, 6.45) is 5.50. The SMILES string of the molecule is C[C@H]1[C@@H]2C=C[C@]3(C)C1(C)CCC31C(=O)O[C@@H](O)[C@H]21. The fourth-order valence-electron chi connectivity index (χ4n) is 5.86. The maximum Gasteiger partial charge on any atom is 0.315 e. The van der Waals surface area contributed by atoms with Crippen LogP contribution >= 0.6 is 0 Å². The molecule has 1 aliphatic heterocycles. The van der Waals surface area contributed by atoms with E-state index in [1.165, 1.54) is 0 Å². The summed E-state index contributed by atoms with van der Waals surface area (Å²) >= 11 is 0. The van der Waals surface area contributed by atoms with Crippen LogP contribution in [0.3, 0.4) is 0 Å². The summed E-state index contributed by atoms with van der Waals surface area (Å²) in [6, 6.07) is 0. The topological polar surface area (TPSA) is 46.5 Å². The number of allylic oxidation sites excluding steroid dienone is 2. The number of carbonyl (C=O) groups excluding carboxylic acids is 1. The molecule has 3 nitrogen and oxygen atoms in total. The lowest BCUT2D eigenvalue weighted by atomic mass is 9.40. The second kappa shape index (κ2) is 2.69. The minimum Gasteiger partial charge on any atom is -0.435 e. The van der Waals surface area contributed by atoms with Gasteiger partial charge in [0, 0.05) is 11.3 Å². The highest BCUT2D eigenvalue weighted by Crippen LogP contribution is 2.79. The molecule has 7 atom stereocenters. The first-order valence-electron chi connectivity index (χ1n) is 6.97. The maximum atomic E-state index is 12.4. The fourth-order valence-corrected chi connectivity index (χ4v) is 5.86. The van der Waals surface area contributed by atoms with Crippen LogP contribution in [0.5, 0.6) is 0 Å². The highest BCUT2D eigenvalue weighted by atomic mass is 16.6. The molecule has 4 bridgehead atoms. The van der Waals surface area contributed by atoms with E-state index in [0.717, 1.165) is 12.8 Å². The molecular formula is C15H20O3. The summed E-state index contributed by atoms with van der Waals surface area (Å²) in [4.78, 5) is 12.4. The minimum absolute atomic E-state index is 0.0365. The Balaban J connectivity index is 2.04. The first-order chi connectivity index (χ1) is 8.38. The molecule has 1 saturated heterocycles. The van der Waals surface area contributed by atoms with Gasteiger partial charge in [0.1, 0.15) is 0 Å². The predicted molar refractivity (Wildman–Crippen MR) is 65.3 cm³/mol. The van der Waals surface area contributed by atoms with Crippen molar-refractivity contribution in [3.8, 4) is 0 Å². The second-order valence-corrected chi connectivity index (χ2v) is 7.14. The van der Waals surface area contributed by atoms with Crippen LogP contribution in [0.25, 0.3) is 0 Å². The van der Waals surface area contributed by atoms with Gasteiger partial charge >= 0.3 is 5.97 Å². The Bertz CT molecular complexity index is 484. The van der Waals surface area contributed by atoms with Crippen LogP contribution in [0.4, 0.5) is 0 Å². The molecule has 0 amide bonds. The third-order valence-corrected chi connectivity index (χ3v) is 7.27. The van der Waals surface area contributed by atoms with Crippen LogP contribution in [0.1, 0.15) is 33.6 Å². The summed E-state index contributed by atoms with van der Waals surface area (Å²) in [6.45, 7) is 6.79. The Morgan fingerprint density at radius 1 is 1.39 bits per heavy atom. The van der Waals surface area contributed by atoms with Crippen molar-refractivity contribution < 1.29 is 14.6 Å². The summed E-state index contributed by atoms with van der Waals surface area (Å²) in [5.41, 5.74) is -0.466. The van der Waals surface area contributed by atoms with Gasteiger partial charge in [0.2, 0.25) is 6.29 Å². The average molecular weight is 248 g/mol. The van der Waals surface area contributed by atoms with Crippen LogP contribution < -0.4 is 0 Å². The fraction of sp³-hybridized carbons (Fsp3) is 0.800. The Kier molecular flexibility index (Phi) is 1.65. The molecule has 0 radical (unpaired) electrons. The molecule has 0 aromatic heterocycles. The minimum atomic E-state index is -0.906. The lowest BCUT2D eigenvalue weighted by Gasteiger charge is -2.61. The number of esters is 1.